The first-order chi connectivity index (χ1) is 6.74. The molecule has 4 heteroatoms. The van der Waals surface area contributed by atoms with Crippen molar-refractivity contribution in [2.75, 3.05) is 19.7 Å². The highest BCUT2D eigenvalue weighted by Gasteiger charge is 2.20. The molecule has 2 atom stereocenters. The van der Waals surface area contributed by atoms with Gasteiger partial charge in [-0.2, -0.15) is 0 Å². The fourth-order valence-corrected chi connectivity index (χ4v) is 1.54. The molecule has 4 nitrogen and oxygen atoms in total. The van der Waals surface area contributed by atoms with Crippen LogP contribution in [0.4, 0.5) is 0 Å². The van der Waals surface area contributed by atoms with Crippen LogP contribution in [-0.4, -0.2) is 36.8 Å². The van der Waals surface area contributed by atoms with Crippen molar-refractivity contribution >= 4 is 5.91 Å². The summed E-state index contributed by atoms with van der Waals surface area (Å²) in [6.45, 7) is 3.54. The zero-order valence-electron chi connectivity index (χ0n) is 8.75. The van der Waals surface area contributed by atoms with Crippen molar-refractivity contribution in [1.29, 1.82) is 0 Å². The molecule has 1 heterocycles. The summed E-state index contributed by atoms with van der Waals surface area (Å²) in [6.07, 6.45) is 3.22. The van der Waals surface area contributed by atoms with E-state index < -0.39 is 0 Å². The minimum atomic E-state index is -0.0188. The molecule has 14 heavy (non-hydrogen) atoms. The molecule has 0 aromatic rings. The Balaban J connectivity index is 2.19. The van der Waals surface area contributed by atoms with Gasteiger partial charge >= 0.3 is 0 Å². The lowest BCUT2D eigenvalue weighted by Crippen LogP contribution is -2.47. The van der Waals surface area contributed by atoms with Gasteiger partial charge in [0.15, 0.2) is 0 Å². The molecule has 1 amide bonds. The molecule has 0 bridgehead atoms. The van der Waals surface area contributed by atoms with E-state index in [9.17, 15) is 4.79 Å². The number of aliphatic hydroxyl groups is 1. The SMILES string of the molecule is CC(CO)CNC(=O)[C@H]1CCCCN1. The summed E-state index contributed by atoms with van der Waals surface area (Å²) in [4.78, 5) is 11.6. The van der Waals surface area contributed by atoms with E-state index in [2.05, 4.69) is 10.6 Å². The largest absolute Gasteiger partial charge is 0.396 e. The molecule has 1 rings (SSSR count). The van der Waals surface area contributed by atoms with Gasteiger partial charge in [-0.05, 0) is 25.3 Å². The normalized spacial score (nSPS) is 24.3. The summed E-state index contributed by atoms with van der Waals surface area (Å²) in [5.74, 6) is 0.215. The Morgan fingerprint density at radius 1 is 1.64 bits per heavy atom. The molecule has 0 aromatic carbocycles. The summed E-state index contributed by atoms with van der Waals surface area (Å²) in [5, 5.41) is 14.8. The van der Waals surface area contributed by atoms with Crippen LogP contribution in [0, 0.1) is 5.92 Å². The van der Waals surface area contributed by atoms with E-state index in [4.69, 9.17) is 5.11 Å². The van der Waals surface area contributed by atoms with E-state index >= 15 is 0 Å². The van der Waals surface area contributed by atoms with Crippen LogP contribution in [0.25, 0.3) is 0 Å². The Bertz CT molecular complexity index is 179. The highest BCUT2D eigenvalue weighted by Crippen LogP contribution is 2.06. The first-order valence-corrected chi connectivity index (χ1v) is 5.36. The quantitative estimate of drug-likeness (QED) is 0.592. The third kappa shape index (κ3) is 3.64. The van der Waals surface area contributed by atoms with Gasteiger partial charge in [-0.25, -0.2) is 0 Å². The Hall–Kier alpha value is -0.610. The number of carbonyl (C=O) groups excluding carboxylic acids is 1. The Morgan fingerprint density at radius 2 is 2.43 bits per heavy atom. The average molecular weight is 200 g/mol. The van der Waals surface area contributed by atoms with Crippen LogP contribution in [0.2, 0.25) is 0 Å². The third-order valence-corrected chi connectivity index (χ3v) is 2.56. The van der Waals surface area contributed by atoms with Crippen molar-refractivity contribution in [2.24, 2.45) is 5.92 Å². The van der Waals surface area contributed by atoms with Gasteiger partial charge in [-0.1, -0.05) is 13.3 Å². The predicted molar refractivity (Wildman–Crippen MR) is 54.9 cm³/mol. The van der Waals surface area contributed by atoms with Gasteiger partial charge in [0.2, 0.25) is 5.91 Å². The number of nitrogens with one attached hydrogen (secondary N) is 2. The van der Waals surface area contributed by atoms with Crippen LogP contribution in [0.5, 0.6) is 0 Å². The van der Waals surface area contributed by atoms with Crippen molar-refractivity contribution in [2.45, 2.75) is 32.2 Å². The topological polar surface area (TPSA) is 61.4 Å². The molecule has 1 unspecified atom stereocenters. The van der Waals surface area contributed by atoms with Crippen LogP contribution >= 0.6 is 0 Å². The van der Waals surface area contributed by atoms with E-state index in [1.165, 1.54) is 0 Å². The minimum absolute atomic E-state index is 0.0188. The van der Waals surface area contributed by atoms with Gasteiger partial charge in [0.25, 0.3) is 0 Å². The predicted octanol–water partition coefficient (Wildman–Crippen LogP) is -0.127. The molecular formula is C10H20N2O2. The second-order valence-electron chi connectivity index (χ2n) is 4.04. The number of hydrogen-bond donors (Lipinski definition) is 3. The van der Waals surface area contributed by atoms with Crippen molar-refractivity contribution in [3.05, 3.63) is 0 Å². The second-order valence-corrected chi connectivity index (χ2v) is 4.04. The van der Waals surface area contributed by atoms with Gasteiger partial charge in [0.1, 0.15) is 0 Å². The van der Waals surface area contributed by atoms with Gasteiger partial charge < -0.3 is 15.7 Å². The highest BCUT2D eigenvalue weighted by atomic mass is 16.3. The molecule has 1 aliphatic heterocycles. The summed E-state index contributed by atoms with van der Waals surface area (Å²) >= 11 is 0. The fraction of sp³-hybridized carbons (Fsp3) is 0.900. The lowest BCUT2D eigenvalue weighted by Gasteiger charge is -2.23. The lowest BCUT2D eigenvalue weighted by atomic mass is 10.0. The first-order valence-electron chi connectivity index (χ1n) is 5.36. The van der Waals surface area contributed by atoms with Gasteiger partial charge in [0, 0.05) is 13.2 Å². The van der Waals surface area contributed by atoms with Crippen molar-refractivity contribution in [3.63, 3.8) is 0 Å². The molecule has 1 aliphatic rings. The highest BCUT2D eigenvalue weighted by molar-refractivity contribution is 5.81. The maximum absolute atomic E-state index is 11.6. The molecule has 0 spiro atoms. The number of carbonyl (C=O) groups is 1. The van der Waals surface area contributed by atoms with E-state index in [1.807, 2.05) is 6.92 Å². The number of amides is 1. The van der Waals surface area contributed by atoms with Crippen molar-refractivity contribution in [1.82, 2.24) is 10.6 Å². The summed E-state index contributed by atoms with van der Waals surface area (Å²) in [5.41, 5.74) is 0. The zero-order valence-corrected chi connectivity index (χ0v) is 8.75. The molecule has 0 radical (unpaired) electrons. The van der Waals surface area contributed by atoms with Crippen LogP contribution in [0.3, 0.4) is 0 Å². The number of piperidine rings is 1. The molecule has 0 saturated carbocycles. The van der Waals surface area contributed by atoms with Crippen molar-refractivity contribution in [3.8, 4) is 0 Å². The molecule has 0 aromatic heterocycles. The molecular weight excluding hydrogens is 180 g/mol. The Morgan fingerprint density at radius 3 is 3.00 bits per heavy atom. The first kappa shape index (κ1) is 11.5. The minimum Gasteiger partial charge on any atom is -0.396 e. The standard InChI is InChI=1S/C10H20N2O2/c1-8(7-13)6-12-10(14)9-4-2-3-5-11-9/h8-9,11,13H,2-7H2,1H3,(H,12,14)/t8?,9-/m1/s1. The zero-order chi connectivity index (χ0) is 10.4. The second kappa shape index (κ2) is 5.98. The maximum atomic E-state index is 11.6. The van der Waals surface area contributed by atoms with E-state index in [1.54, 1.807) is 0 Å². The van der Waals surface area contributed by atoms with Crippen LogP contribution in [0.15, 0.2) is 0 Å². The van der Waals surface area contributed by atoms with Crippen molar-refractivity contribution < 1.29 is 9.90 Å². The van der Waals surface area contributed by atoms with Gasteiger partial charge in [-0.15, -0.1) is 0 Å². The van der Waals surface area contributed by atoms with E-state index in [0.717, 1.165) is 25.8 Å². The third-order valence-electron chi connectivity index (χ3n) is 2.56. The Kier molecular flexibility index (Phi) is 4.90. The smallest absolute Gasteiger partial charge is 0.237 e. The van der Waals surface area contributed by atoms with Gasteiger partial charge in [-0.3, -0.25) is 4.79 Å². The molecule has 1 saturated heterocycles. The van der Waals surface area contributed by atoms with E-state index in [0.29, 0.717) is 6.54 Å². The molecule has 82 valence electrons. The lowest BCUT2D eigenvalue weighted by molar-refractivity contribution is -0.123. The monoisotopic (exact) mass is 200 g/mol. The molecule has 3 N–H and O–H groups in total. The molecule has 0 aliphatic carbocycles. The summed E-state index contributed by atoms with van der Waals surface area (Å²) in [7, 11) is 0. The Labute approximate surface area is 85.1 Å². The van der Waals surface area contributed by atoms with Crippen LogP contribution < -0.4 is 10.6 Å². The number of rotatable bonds is 4. The van der Waals surface area contributed by atoms with E-state index in [-0.39, 0.29) is 24.5 Å². The fourth-order valence-electron chi connectivity index (χ4n) is 1.54. The maximum Gasteiger partial charge on any atom is 0.237 e. The van der Waals surface area contributed by atoms with Gasteiger partial charge in [0.05, 0.1) is 6.04 Å². The number of hydrogen-bond acceptors (Lipinski definition) is 3. The average Bonchev–Trinajstić information content (AvgIpc) is 2.26. The summed E-state index contributed by atoms with van der Waals surface area (Å²) in [6, 6.07) is -0.0188. The van der Waals surface area contributed by atoms with Crippen LogP contribution in [-0.2, 0) is 4.79 Å². The van der Waals surface area contributed by atoms with Crippen LogP contribution in [0.1, 0.15) is 26.2 Å². The summed E-state index contributed by atoms with van der Waals surface area (Å²) < 4.78 is 0. The number of aliphatic hydroxyl groups excluding tert-OH is 1. The molecule has 1 fully saturated rings.